The fourth-order valence-corrected chi connectivity index (χ4v) is 4.99. The number of aromatic nitrogens is 1. The molecule has 1 aromatic rings. The molecule has 3 rings (SSSR count). The maximum Gasteiger partial charge on any atom is 0.326 e. The number of alkyl halides is 1. The van der Waals surface area contributed by atoms with E-state index in [9.17, 15) is 14.7 Å². The summed E-state index contributed by atoms with van der Waals surface area (Å²) in [6.07, 6.45) is 6.99. The Balaban J connectivity index is 1.32. The van der Waals surface area contributed by atoms with Gasteiger partial charge in [-0.25, -0.2) is 9.78 Å². The Morgan fingerprint density at radius 3 is 2.86 bits per heavy atom. The zero-order valence-electron chi connectivity index (χ0n) is 20.5. The molecule has 1 fully saturated rings. The first kappa shape index (κ1) is 27.6. The highest BCUT2D eigenvalue weighted by molar-refractivity contribution is 6.22. The van der Waals surface area contributed by atoms with Gasteiger partial charge in [0.25, 0.3) is 0 Å². The van der Waals surface area contributed by atoms with Crippen molar-refractivity contribution in [3.05, 3.63) is 23.4 Å². The van der Waals surface area contributed by atoms with Gasteiger partial charge in [0.15, 0.2) is 0 Å². The second kappa shape index (κ2) is 13.4. The molecule has 4 atom stereocenters. The second-order valence-corrected chi connectivity index (χ2v) is 10.6. The Morgan fingerprint density at radius 2 is 2.14 bits per heavy atom. The summed E-state index contributed by atoms with van der Waals surface area (Å²) in [5.41, 5.74) is 13.9. The van der Waals surface area contributed by atoms with Crippen LogP contribution in [0.4, 0.5) is 5.82 Å². The summed E-state index contributed by atoms with van der Waals surface area (Å²) in [5.74, 6) is 0.0645. The fraction of sp³-hybridized carbons (Fsp3) is 0.720. The smallest absolute Gasteiger partial charge is 0.326 e. The molecule has 2 aliphatic rings. The zero-order chi connectivity index (χ0) is 25.4. The topological polar surface area (TPSA) is 153 Å². The molecule has 0 saturated heterocycles. The third kappa shape index (κ3) is 8.31. The average Bonchev–Trinajstić information content (AvgIpc) is 2.82. The Morgan fingerprint density at radius 1 is 1.37 bits per heavy atom. The molecule has 2 heterocycles. The Kier molecular flexibility index (Phi) is 10.6. The lowest BCUT2D eigenvalue weighted by Crippen LogP contribution is -2.52. The number of halogens is 1. The van der Waals surface area contributed by atoms with E-state index < -0.39 is 29.3 Å². The molecule has 10 heteroatoms. The number of aliphatic carboxylic acids is 1. The van der Waals surface area contributed by atoms with Crippen molar-refractivity contribution in [1.82, 2.24) is 10.3 Å². The lowest BCUT2D eigenvalue weighted by atomic mass is 9.79. The predicted octanol–water partition coefficient (Wildman–Crippen LogP) is 2.05. The number of fused-ring (bicyclic) bond motifs is 1. The molecule has 0 aromatic carbocycles. The maximum absolute atomic E-state index is 12.4. The quantitative estimate of drug-likeness (QED) is 0.239. The van der Waals surface area contributed by atoms with E-state index >= 15 is 0 Å². The highest BCUT2D eigenvalue weighted by Crippen LogP contribution is 2.34. The summed E-state index contributed by atoms with van der Waals surface area (Å²) >= 11 is 6.22. The van der Waals surface area contributed by atoms with Crippen molar-refractivity contribution in [1.29, 1.82) is 0 Å². The Bertz CT molecular complexity index is 851. The minimum absolute atomic E-state index is 0.123. The van der Waals surface area contributed by atoms with E-state index in [2.05, 4.69) is 22.8 Å². The van der Waals surface area contributed by atoms with Crippen molar-refractivity contribution in [3.8, 4) is 0 Å². The van der Waals surface area contributed by atoms with Gasteiger partial charge < -0.3 is 31.9 Å². The van der Waals surface area contributed by atoms with Gasteiger partial charge in [0.05, 0.1) is 11.5 Å². The van der Waals surface area contributed by atoms with Crippen LogP contribution >= 0.6 is 11.6 Å². The Hall–Kier alpha value is -1.94. The number of nitrogens with two attached hydrogens (primary N) is 2. The number of carboxylic acids is 1. The van der Waals surface area contributed by atoms with Crippen molar-refractivity contribution in [3.63, 3.8) is 0 Å². The van der Waals surface area contributed by atoms with Gasteiger partial charge >= 0.3 is 5.97 Å². The molecular weight excluding hydrogens is 470 g/mol. The molecule has 7 N–H and O–H groups in total. The molecule has 0 spiro atoms. The number of anilines is 1. The van der Waals surface area contributed by atoms with Crippen LogP contribution in [0.3, 0.4) is 0 Å². The molecule has 1 amide bonds. The number of nitrogens with zero attached hydrogens (tertiary/aromatic N) is 1. The van der Waals surface area contributed by atoms with Crippen LogP contribution in [-0.2, 0) is 27.2 Å². The van der Waals surface area contributed by atoms with Crippen LogP contribution in [-0.4, -0.2) is 65.2 Å². The summed E-state index contributed by atoms with van der Waals surface area (Å²) in [6.45, 7) is 3.61. The summed E-state index contributed by atoms with van der Waals surface area (Å²) in [7, 11) is 0. The van der Waals surface area contributed by atoms with Crippen LogP contribution in [0.25, 0.3) is 0 Å². The number of nitrogens with one attached hydrogen (secondary N) is 2. The van der Waals surface area contributed by atoms with Gasteiger partial charge in [-0.1, -0.05) is 13.0 Å². The number of carboxylic acid groups (broad SMARTS) is 1. The highest BCUT2D eigenvalue weighted by Gasteiger charge is 2.31. The number of ether oxygens (including phenoxy) is 1. The van der Waals surface area contributed by atoms with Crippen molar-refractivity contribution in [2.24, 2.45) is 23.3 Å². The van der Waals surface area contributed by atoms with Crippen LogP contribution in [0.15, 0.2) is 12.1 Å². The molecule has 0 radical (unpaired) electrons. The van der Waals surface area contributed by atoms with Crippen LogP contribution in [0.1, 0.15) is 56.7 Å². The van der Waals surface area contributed by atoms with Crippen LogP contribution < -0.4 is 22.1 Å². The van der Waals surface area contributed by atoms with Gasteiger partial charge in [-0.05, 0) is 75.0 Å². The third-order valence-corrected chi connectivity index (χ3v) is 7.50. The monoisotopic (exact) mass is 509 g/mol. The van der Waals surface area contributed by atoms with E-state index in [1.807, 2.05) is 6.92 Å². The van der Waals surface area contributed by atoms with Crippen LogP contribution in [0.5, 0.6) is 0 Å². The minimum atomic E-state index is -1.12. The van der Waals surface area contributed by atoms with Gasteiger partial charge in [0, 0.05) is 25.3 Å². The number of rotatable bonds is 14. The van der Waals surface area contributed by atoms with Crippen LogP contribution in [0.2, 0.25) is 0 Å². The van der Waals surface area contributed by atoms with Gasteiger partial charge in [0.2, 0.25) is 5.91 Å². The number of aryl methyl sites for hydroxylation is 2. The number of carbonyl (C=O) groups is 2. The van der Waals surface area contributed by atoms with E-state index in [0.717, 1.165) is 56.6 Å². The largest absolute Gasteiger partial charge is 0.480 e. The van der Waals surface area contributed by atoms with E-state index in [1.165, 1.54) is 5.56 Å². The first-order valence-electron chi connectivity index (χ1n) is 12.7. The zero-order valence-corrected chi connectivity index (χ0v) is 21.3. The highest BCUT2D eigenvalue weighted by atomic mass is 35.5. The van der Waals surface area contributed by atoms with E-state index in [0.29, 0.717) is 18.9 Å². The fourth-order valence-electron chi connectivity index (χ4n) is 4.58. The number of hydrogen-bond acceptors (Lipinski definition) is 7. The molecular formula is C25H40ClN5O4. The molecule has 196 valence electrons. The third-order valence-electron chi connectivity index (χ3n) is 7.05. The minimum Gasteiger partial charge on any atom is -0.480 e. The number of hydrogen-bond donors (Lipinski definition) is 5. The SMILES string of the molecule is CC(CN)CC(Cl)[C@H](N)C(=O)N[C@@H](CCO[C@H]1C[C@@H](CCc2ccc3c(n2)NCCC3)C1)C(=O)O. The van der Waals surface area contributed by atoms with Crippen molar-refractivity contribution in [2.75, 3.05) is 25.0 Å². The molecule has 1 aliphatic carbocycles. The van der Waals surface area contributed by atoms with Crippen molar-refractivity contribution < 1.29 is 19.4 Å². The number of amides is 1. The first-order chi connectivity index (χ1) is 16.8. The van der Waals surface area contributed by atoms with Gasteiger partial charge in [-0.2, -0.15) is 0 Å². The molecule has 1 saturated carbocycles. The normalized spacial score (nSPS) is 22.6. The van der Waals surface area contributed by atoms with E-state index in [1.54, 1.807) is 0 Å². The summed E-state index contributed by atoms with van der Waals surface area (Å²) < 4.78 is 5.86. The molecule has 9 nitrogen and oxygen atoms in total. The molecule has 2 unspecified atom stereocenters. The lowest BCUT2D eigenvalue weighted by molar-refractivity contribution is -0.143. The van der Waals surface area contributed by atoms with E-state index in [4.69, 9.17) is 32.8 Å². The second-order valence-electron chi connectivity index (χ2n) is 10.0. The van der Waals surface area contributed by atoms with Crippen molar-refractivity contribution in [2.45, 2.75) is 81.9 Å². The van der Waals surface area contributed by atoms with Gasteiger partial charge in [-0.3, -0.25) is 4.79 Å². The van der Waals surface area contributed by atoms with Gasteiger partial charge in [-0.15, -0.1) is 11.6 Å². The maximum atomic E-state index is 12.4. The lowest BCUT2D eigenvalue weighted by Gasteiger charge is -2.35. The predicted molar refractivity (Wildman–Crippen MR) is 136 cm³/mol. The number of carbonyl (C=O) groups excluding carboxylic acids is 1. The number of pyridine rings is 1. The summed E-state index contributed by atoms with van der Waals surface area (Å²) in [5, 5.41) is 14.8. The molecule has 0 bridgehead atoms. The summed E-state index contributed by atoms with van der Waals surface area (Å²) in [6, 6.07) is 2.26. The van der Waals surface area contributed by atoms with Gasteiger partial charge in [0.1, 0.15) is 17.9 Å². The summed E-state index contributed by atoms with van der Waals surface area (Å²) in [4.78, 5) is 28.7. The standard InChI is InChI=1S/C25H40ClN5O4/c1-15(14-27)11-20(26)22(28)24(32)31-21(25(33)34)8-10-35-19-12-16(13-19)4-6-18-7-5-17-3-2-9-29-23(17)30-18/h5,7,15-16,19-22H,2-4,6,8-14,27-28H2,1H3,(H,29,30)(H,31,32)(H,33,34)/t15?,16-,19+,20?,21-,22-/m0/s1. The van der Waals surface area contributed by atoms with Crippen LogP contribution in [0, 0.1) is 11.8 Å². The molecule has 1 aliphatic heterocycles. The Labute approximate surface area is 212 Å². The molecule has 35 heavy (non-hydrogen) atoms. The first-order valence-corrected chi connectivity index (χ1v) is 13.2. The molecule has 1 aromatic heterocycles. The van der Waals surface area contributed by atoms with E-state index in [-0.39, 0.29) is 25.0 Å². The van der Waals surface area contributed by atoms with Crippen molar-refractivity contribution >= 4 is 29.3 Å². The average molecular weight is 510 g/mol.